The fraction of sp³-hybridized carbons (Fsp3) is 0.556. The van der Waals surface area contributed by atoms with E-state index < -0.39 is 8.07 Å². The first kappa shape index (κ1) is 17.2. The predicted octanol–water partition coefficient (Wildman–Crippen LogP) is 2.95. The molecule has 2 amide bonds. The van der Waals surface area contributed by atoms with Gasteiger partial charge in [-0.25, -0.2) is 0 Å². The molecule has 0 saturated carbocycles. The molecule has 2 aliphatic heterocycles. The van der Waals surface area contributed by atoms with E-state index in [2.05, 4.69) is 19.6 Å². The Balaban J connectivity index is 1.82. The molecule has 2 heterocycles. The summed E-state index contributed by atoms with van der Waals surface area (Å²) in [6.45, 7) is 8.45. The van der Waals surface area contributed by atoms with Gasteiger partial charge in [-0.3, -0.25) is 14.5 Å². The SMILES string of the molecule is C[Si](C)(C)CCOCN1C(=O)C2CCCN2C(=O)c2ccccc21. The van der Waals surface area contributed by atoms with Gasteiger partial charge in [0.2, 0.25) is 0 Å². The van der Waals surface area contributed by atoms with Crippen LogP contribution in [0.1, 0.15) is 23.2 Å². The topological polar surface area (TPSA) is 49.9 Å². The van der Waals surface area contributed by atoms with E-state index in [0.29, 0.717) is 24.4 Å². The van der Waals surface area contributed by atoms with Gasteiger partial charge >= 0.3 is 0 Å². The van der Waals surface area contributed by atoms with E-state index in [4.69, 9.17) is 4.74 Å². The molecular formula is C18H26N2O3Si. The highest BCUT2D eigenvalue weighted by Crippen LogP contribution is 2.32. The van der Waals surface area contributed by atoms with Crippen molar-refractivity contribution in [2.45, 2.75) is 44.6 Å². The number of para-hydroxylation sites is 1. The number of fused-ring (bicyclic) bond motifs is 2. The van der Waals surface area contributed by atoms with Gasteiger partial charge in [-0.1, -0.05) is 31.8 Å². The molecule has 0 bridgehead atoms. The average Bonchev–Trinajstić information content (AvgIpc) is 2.99. The van der Waals surface area contributed by atoms with Crippen LogP contribution >= 0.6 is 0 Å². The molecule has 1 aromatic carbocycles. The third-order valence-corrected chi connectivity index (χ3v) is 6.41. The minimum Gasteiger partial charge on any atom is -0.361 e. The Bertz CT molecular complexity index is 641. The van der Waals surface area contributed by atoms with E-state index in [9.17, 15) is 9.59 Å². The molecule has 6 heteroatoms. The minimum absolute atomic E-state index is 0.0150. The quantitative estimate of drug-likeness (QED) is 0.608. The number of benzene rings is 1. The minimum atomic E-state index is -1.17. The lowest BCUT2D eigenvalue weighted by atomic mass is 10.1. The second-order valence-corrected chi connectivity index (χ2v) is 13.4. The number of rotatable bonds is 5. The normalized spacial score (nSPS) is 20.9. The van der Waals surface area contributed by atoms with Crippen LogP contribution in [0.3, 0.4) is 0 Å². The maximum absolute atomic E-state index is 13.0. The first-order valence-electron chi connectivity index (χ1n) is 8.67. The Labute approximate surface area is 144 Å². The van der Waals surface area contributed by atoms with Crippen LogP contribution in [0.5, 0.6) is 0 Å². The van der Waals surface area contributed by atoms with Crippen molar-refractivity contribution in [2.75, 3.05) is 24.8 Å². The highest BCUT2D eigenvalue weighted by Gasteiger charge is 2.41. The lowest BCUT2D eigenvalue weighted by Crippen LogP contribution is -2.45. The molecule has 130 valence electrons. The number of anilines is 1. The monoisotopic (exact) mass is 346 g/mol. The average molecular weight is 347 g/mol. The number of ether oxygens (including phenoxy) is 1. The zero-order valence-electron chi connectivity index (χ0n) is 14.7. The molecule has 0 N–H and O–H groups in total. The van der Waals surface area contributed by atoms with Crippen molar-refractivity contribution in [1.82, 2.24) is 4.90 Å². The second-order valence-electron chi connectivity index (χ2n) is 7.79. The molecule has 1 aromatic rings. The number of carbonyl (C=O) groups excluding carboxylic acids is 2. The fourth-order valence-electron chi connectivity index (χ4n) is 3.28. The smallest absolute Gasteiger partial charge is 0.256 e. The van der Waals surface area contributed by atoms with Gasteiger partial charge in [0.15, 0.2) is 0 Å². The van der Waals surface area contributed by atoms with Gasteiger partial charge in [0.05, 0.1) is 11.3 Å². The third kappa shape index (κ3) is 3.39. The maximum Gasteiger partial charge on any atom is 0.256 e. The van der Waals surface area contributed by atoms with Crippen LogP contribution in [-0.2, 0) is 9.53 Å². The van der Waals surface area contributed by atoms with E-state index in [1.165, 1.54) is 0 Å². The molecule has 1 unspecified atom stereocenters. The zero-order valence-corrected chi connectivity index (χ0v) is 15.7. The summed E-state index contributed by atoms with van der Waals surface area (Å²) in [6.07, 6.45) is 1.62. The van der Waals surface area contributed by atoms with Crippen LogP contribution in [0.15, 0.2) is 24.3 Å². The van der Waals surface area contributed by atoms with Crippen molar-refractivity contribution < 1.29 is 14.3 Å². The van der Waals surface area contributed by atoms with E-state index in [0.717, 1.165) is 18.9 Å². The molecule has 24 heavy (non-hydrogen) atoms. The standard InChI is InChI=1S/C18H26N2O3Si/c1-24(2,3)12-11-23-13-20-15-8-5-4-7-14(15)17(21)19-10-6-9-16(19)18(20)22/h4-5,7-8,16H,6,9-13H2,1-3H3. The Hall–Kier alpha value is -1.66. The molecule has 1 atom stereocenters. The molecule has 0 aromatic heterocycles. The highest BCUT2D eigenvalue weighted by molar-refractivity contribution is 6.76. The van der Waals surface area contributed by atoms with E-state index in [-0.39, 0.29) is 24.6 Å². The van der Waals surface area contributed by atoms with Crippen LogP contribution in [0.2, 0.25) is 25.7 Å². The van der Waals surface area contributed by atoms with E-state index in [1.807, 2.05) is 18.2 Å². The van der Waals surface area contributed by atoms with Crippen molar-refractivity contribution in [3.05, 3.63) is 29.8 Å². The lowest BCUT2D eigenvalue weighted by molar-refractivity contribution is -0.123. The molecule has 0 spiro atoms. The molecular weight excluding hydrogens is 320 g/mol. The van der Waals surface area contributed by atoms with Crippen molar-refractivity contribution in [1.29, 1.82) is 0 Å². The number of hydrogen-bond donors (Lipinski definition) is 0. The highest BCUT2D eigenvalue weighted by atomic mass is 28.3. The summed E-state index contributed by atoms with van der Waals surface area (Å²) in [5, 5.41) is 0. The molecule has 5 nitrogen and oxygen atoms in total. The molecule has 1 fully saturated rings. The first-order valence-corrected chi connectivity index (χ1v) is 12.4. The van der Waals surface area contributed by atoms with Crippen LogP contribution in [0.4, 0.5) is 5.69 Å². The first-order chi connectivity index (χ1) is 11.4. The fourth-order valence-corrected chi connectivity index (χ4v) is 4.03. The van der Waals surface area contributed by atoms with Crippen molar-refractivity contribution in [3.8, 4) is 0 Å². The summed E-state index contributed by atoms with van der Waals surface area (Å²) >= 11 is 0. The Morgan fingerprint density at radius 3 is 2.71 bits per heavy atom. The number of carbonyl (C=O) groups is 2. The van der Waals surface area contributed by atoms with Gasteiger partial charge in [-0.05, 0) is 31.0 Å². The van der Waals surface area contributed by atoms with Gasteiger partial charge in [0.1, 0.15) is 12.8 Å². The molecule has 0 radical (unpaired) electrons. The lowest BCUT2D eigenvalue weighted by Gasteiger charge is -2.26. The number of hydrogen-bond acceptors (Lipinski definition) is 3. The second kappa shape index (κ2) is 6.68. The van der Waals surface area contributed by atoms with Gasteiger partial charge in [-0.2, -0.15) is 0 Å². The van der Waals surface area contributed by atoms with Crippen LogP contribution < -0.4 is 4.90 Å². The molecule has 1 saturated heterocycles. The summed E-state index contributed by atoms with van der Waals surface area (Å²) in [4.78, 5) is 29.2. The van der Waals surface area contributed by atoms with Crippen LogP contribution in [-0.4, -0.2) is 50.7 Å². The Morgan fingerprint density at radius 2 is 1.96 bits per heavy atom. The van der Waals surface area contributed by atoms with Gasteiger partial charge in [-0.15, -0.1) is 0 Å². The number of amides is 2. The summed E-state index contributed by atoms with van der Waals surface area (Å²) in [5.41, 5.74) is 1.28. The molecule has 2 aliphatic rings. The van der Waals surface area contributed by atoms with Crippen molar-refractivity contribution >= 4 is 25.6 Å². The zero-order chi connectivity index (χ0) is 17.3. The van der Waals surface area contributed by atoms with Crippen molar-refractivity contribution in [3.63, 3.8) is 0 Å². The van der Waals surface area contributed by atoms with Crippen LogP contribution in [0, 0.1) is 0 Å². The predicted molar refractivity (Wildman–Crippen MR) is 97.0 cm³/mol. The third-order valence-electron chi connectivity index (χ3n) is 4.71. The molecule has 3 rings (SSSR count). The maximum atomic E-state index is 13.0. The van der Waals surface area contributed by atoms with Crippen molar-refractivity contribution in [2.24, 2.45) is 0 Å². The summed E-state index contributed by atoms with van der Waals surface area (Å²) in [6, 6.07) is 8.08. The largest absolute Gasteiger partial charge is 0.361 e. The molecule has 0 aliphatic carbocycles. The number of nitrogens with zero attached hydrogens (tertiary/aromatic N) is 2. The van der Waals surface area contributed by atoms with Crippen LogP contribution in [0.25, 0.3) is 0 Å². The van der Waals surface area contributed by atoms with E-state index >= 15 is 0 Å². The summed E-state index contributed by atoms with van der Waals surface area (Å²) in [5.74, 6) is -0.0511. The van der Waals surface area contributed by atoms with E-state index in [1.54, 1.807) is 15.9 Å². The Morgan fingerprint density at radius 1 is 1.21 bits per heavy atom. The summed E-state index contributed by atoms with van der Waals surface area (Å²) in [7, 11) is -1.17. The Kier molecular flexibility index (Phi) is 4.78. The van der Waals surface area contributed by atoms with Gasteiger partial charge < -0.3 is 9.64 Å². The van der Waals surface area contributed by atoms with Gasteiger partial charge in [0, 0.05) is 21.2 Å². The van der Waals surface area contributed by atoms with Gasteiger partial charge in [0.25, 0.3) is 11.8 Å². The summed E-state index contributed by atoms with van der Waals surface area (Å²) < 4.78 is 5.83.